The summed E-state index contributed by atoms with van der Waals surface area (Å²) in [6.07, 6.45) is -3.98. The molecule has 1 unspecified atom stereocenters. The van der Waals surface area contributed by atoms with E-state index in [-0.39, 0.29) is 18.1 Å². The lowest BCUT2D eigenvalue weighted by atomic mass is 9.90. The fraction of sp³-hybridized carbons (Fsp3) is 0.645. The maximum absolute atomic E-state index is 11.9. The number of esters is 5. The SMILES string of the molecule is CC(=O)OC(C)=O.CCOC1(C)Oc2cccc(O[C@@H]3O[C@H](COC(C)=O)[C@@H](C)[C@H](OC(C)=O)[C@H]3OC(C)=O)c2O1.CCOCC. The topological polar surface area (TPSA) is 178 Å². The van der Waals surface area contributed by atoms with E-state index in [4.69, 9.17) is 42.6 Å². The molecule has 0 aromatic heterocycles. The minimum Gasteiger partial charge on any atom is -0.463 e. The summed E-state index contributed by atoms with van der Waals surface area (Å²) in [5, 5.41) is 0. The molecule has 260 valence electrons. The molecule has 2 heterocycles. The third kappa shape index (κ3) is 13.6. The number of para-hydroxylation sites is 1. The highest BCUT2D eigenvalue weighted by Crippen LogP contribution is 2.47. The van der Waals surface area contributed by atoms with Gasteiger partial charge < -0.3 is 47.4 Å². The van der Waals surface area contributed by atoms with Crippen LogP contribution in [0.2, 0.25) is 0 Å². The third-order valence-corrected chi connectivity index (χ3v) is 5.93. The van der Waals surface area contributed by atoms with Gasteiger partial charge in [-0.25, -0.2) is 0 Å². The molecular formula is C31H46O15. The Balaban J connectivity index is 0.000000748. The van der Waals surface area contributed by atoms with E-state index in [1.165, 1.54) is 34.6 Å². The molecule has 0 spiro atoms. The zero-order chi connectivity index (χ0) is 35.0. The summed E-state index contributed by atoms with van der Waals surface area (Å²) in [5.74, 6) is -3.78. The summed E-state index contributed by atoms with van der Waals surface area (Å²) < 4.78 is 54.1. The Morgan fingerprint density at radius 2 is 1.37 bits per heavy atom. The molecular weight excluding hydrogens is 612 g/mol. The van der Waals surface area contributed by atoms with Crippen LogP contribution in [0, 0.1) is 5.92 Å². The van der Waals surface area contributed by atoms with E-state index >= 15 is 0 Å². The molecule has 1 aromatic rings. The fourth-order valence-corrected chi connectivity index (χ4v) is 4.23. The standard InChI is InChI=1S/C23H30O11.C4H6O3.C4H10O/c1-7-28-23(6)33-17-10-8-9-16(20(17)34-23)31-22-21(30-15(5)26)19(29-14(4)25)12(2)18(32-22)11-27-13(3)24;1-3(5)7-4(2)6;1-3-5-4-2/h8-10,12,18-19,21-22H,7,11H2,1-6H3;1-2H3;3-4H2,1-2H3/t12-,18-,19+,21-,22-,23?;;/m1../s1. The smallest absolute Gasteiger partial charge is 0.369 e. The molecule has 1 saturated heterocycles. The van der Waals surface area contributed by atoms with Crippen molar-refractivity contribution in [3.63, 3.8) is 0 Å². The molecule has 1 aromatic carbocycles. The van der Waals surface area contributed by atoms with E-state index in [2.05, 4.69) is 4.74 Å². The van der Waals surface area contributed by atoms with Crippen LogP contribution in [-0.2, 0) is 57.1 Å². The van der Waals surface area contributed by atoms with Gasteiger partial charge in [-0.3, -0.25) is 24.0 Å². The zero-order valence-electron chi connectivity index (χ0n) is 28.1. The van der Waals surface area contributed by atoms with Crippen molar-refractivity contribution in [2.24, 2.45) is 5.92 Å². The second kappa shape index (κ2) is 19.5. The first-order chi connectivity index (χ1) is 21.6. The summed E-state index contributed by atoms with van der Waals surface area (Å²) in [7, 11) is 0. The molecule has 0 radical (unpaired) electrons. The van der Waals surface area contributed by atoms with Gasteiger partial charge in [0.2, 0.25) is 18.1 Å². The minimum absolute atomic E-state index is 0.115. The van der Waals surface area contributed by atoms with Crippen LogP contribution in [0.5, 0.6) is 17.2 Å². The molecule has 15 nitrogen and oxygen atoms in total. The Labute approximate surface area is 268 Å². The summed E-state index contributed by atoms with van der Waals surface area (Å²) in [6.45, 7) is 17.2. The van der Waals surface area contributed by atoms with Gasteiger partial charge in [-0.1, -0.05) is 13.0 Å². The van der Waals surface area contributed by atoms with Crippen molar-refractivity contribution in [1.82, 2.24) is 0 Å². The van der Waals surface area contributed by atoms with Crippen LogP contribution >= 0.6 is 0 Å². The van der Waals surface area contributed by atoms with E-state index in [1.54, 1.807) is 39.0 Å². The average Bonchev–Trinajstić information content (AvgIpc) is 3.28. The Morgan fingerprint density at radius 3 is 1.83 bits per heavy atom. The number of carbonyl (C=O) groups is 5. The Bertz CT molecular complexity index is 1150. The second-order valence-electron chi connectivity index (χ2n) is 9.92. The van der Waals surface area contributed by atoms with Gasteiger partial charge in [-0.15, -0.1) is 0 Å². The average molecular weight is 659 g/mol. The summed E-state index contributed by atoms with van der Waals surface area (Å²) in [4.78, 5) is 54.7. The number of carbonyl (C=O) groups excluding carboxylic acids is 5. The van der Waals surface area contributed by atoms with Crippen molar-refractivity contribution < 1.29 is 71.3 Å². The molecule has 3 rings (SSSR count). The van der Waals surface area contributed by atoms with Gasteiger partial charge in [0, 0.05) is 60.7 Å². The lowest BCUT2D eigenvalue weighted by Crippen LogP contribution is -2.59. The molecule has 0 aliphatic carbocycles. The lowest BCUT2D eigenvalue weighted by molar-refractivity contribution is -0.275. The van der Waals surface area contributed by atoms with Crippen molar-refractivity contribution in [2.45, 2.75) is 99.8 Å². The normalized spacial score (nSPS) is 24.1. The van der Waals surface area contributed by atoms with E-state index < -0.39 is 66.3 Å². The highest BCUT2D eigenvalue weighted by atomic mass is 16.9. The van der Waals surface area contributed by atoms with Crippen molar-refractivity contribution in [1.29, 1.82) is 0 Å². The van der Waals surface area contributed by atoms with Crippen LogP contribution in [0.1, 0.15) is 69.2 Å². The molecule has 0 amide bonds. The van der Waals surface area contributed by atoms with Crippen LogP contribution in [-0.4, -0.2) is 86.8 Å². The van der Waals surface area contributed by atoms with E-state index in [9.17, 15) is 24.0 Å². The first-order valence-corrected chi connectivity index (χ1v) is 14.8. The van der Waals surface area contributed by atoms with Crippen LogP contribution in [0.15, 0.2) is 18.2 Å². The highest BCUT2D eigenvalue weighted by Gasteiger charge is 2.50. The minimum atomic E-state index is -1.34. The largest absolute Gasteiger partial charge is 0.463 e. The van der Waals surface area contributed by atoms with E-state index in [1.807, 2.05) is 13.8 Å². The summed E-state index contributed by atoms with van der Waals surface area (Å²) in [5.41, 5.74) is 0. The van der Waals surface area contributed by atoms with Gasteiger partial charge in [0.15, 0.2) is 11.5 Å². The molecule has 2 aliphatic heterocycles. The van der Waals surface area contributed by atoms with Crippen molar-refractivity contribution >= 4 is 29.8 Å². The maximum Gasteiger partial charge on any atom is 0.369 e. The Morgan fingerprint density at radius 1 is 0.783 bits per heavy atom. The van der Waals surface area contributed by atoms with Crippen molar-refractivity contribution in [3.8, 4) is 17.2 Å². The Kier molecular flexibility index (Phi) is 17.0. The summed E-state index contributed by atoms with van der Waals surface area (Å²) in [6, 6.07) is 4.99. The van der Waals surface area contributed by atoms with Crippen LogP contribution in [0.25, 0.3) is 0 Å². The lowest BCUT2D eigenvalue weighted by Gasteiger charge is -2.43. The van der Waals surface area contributed by atoms with E-state index in [0.717, 1.165) is 13.2 Å². The van der Waals surface area contributed by atoms with Gasteiger partial charge in [-0.05, 0) is 32.9 Å². The second-order valence-corrected chi connectivity index (χ2v) is 9.92. The van der Waals surface area contributed by atoms with Crippen LogP contribution < -0.4 is 14.2 Å². The maximum atomic E-state index is 11.9. The molecule has 15 heteroatoms. The number of rotatable bonds is 10. The number of ether oxygens (including phenoxy) is 10. The van der Waals surface area contributed by atoms with Crippen LogP contribution in [0.4, 0.5) is 0 Å². The first-order valence-electron chi connectivity index (χ1n) is 14.8. The number of fused-ring (bicyclic) bond motifs is 1. The molecule has 46 heavy (non-hydrogen) atoms. The van der Waals surface area contributed by atoms with Gasteiger partial charge in [0.25, 0.3) is 0 Å². The van der Waals surface area contributed by atoms with E-state index in [0.29, 0.717) is 12.4 Å². The van der Waals surface area contributed by atoms with Gasteiger partial charge in [0.1, 0.15) is 18.8 Å². The number of hydrogen-bond donors (Lipinski definition) is 0. The van der Waals surface area contributed by atoms with Gasteiger partial charge >= 0.3 is 35.8 Å². The van der Waals surface area contributed by atoms with Crippen molar-refractivity contribution in [2.75, 3.05) is 26.4 Å². The van der Waals surface area contributed by atoms with Crippen molar-refractivity contribution in [3.05, 3.63) is 18.2 Å². The molecule has 0 N–H and O–H groups in total. The number of benzene rings is 1. The van der Waals surface area contributed by atoms with Crippen LogP contribution in [0.3, 0.4) is 0 Å². The molecule has 0 saturated carbocycles. The predicted octanol–water partition coefficient (Wildman–Crippen LogP) is 3.47. The molecule has 1 fully saturated rings. The quantitative estimate of drug-likeness (QED) is 0.203. The monoisotopic (exact) mass is 658 g/mol. The third-order valence-electron chi connectivity index (χ3n) is 5.93. The molecule has 0 bridgehead atoms. The predicted molar refractivity (Wildman–Crippen MR) is 159 cm³/mol. The molecule has 6 atom stereocenters. The summed E-state index contributed by atoms with van der Waals surface area (Å²) >= 11 is 0. The first kappa shape index (κ1) is 40.1. The Hall–Kier alpha value is -3.95. The zero-order valence-corrected chi connectivity index (χ0v) is 28.1. The number of hydrogen-bond acceptors (Lipinski definition) is 15. The highest BCUT2D eigenvalue weighted by molar-refractivity contribution is 5.82. The van der Waals surface area contributed by atoms with Gasteiger partial charge in [-0.2, -0.15) is 0 Å². The van der Waals surface area contributed by atoms with Gasteiger partial charge in [0.05, 0.1) is 6.61 Å². The molecule has 2 aliphatic rings. The fourth-order valence-electron chi connectivity index (χ4n) is 4.23.